The molecule has 1 atom stereocenters. The molecule has 4 N–H and O–H groups in total. The van der Waals surface area contributed by atoms with Gasteiger partial charge in [0.05, 0.1) is 11.8 Å². The van der Waals surface area contributed by atoms with Gasteiger partial charge < -0.3 is 21.1 Å². The van der Waals surface area contributed by atoms with Crippen molar-refractivity contribution >= 4 is 23.4 Å². The average molecular weight is 517 g/mol. The van der Waals surface area contributed by atoms with E-state index in [1.807, 2.05) is 17.0 Å². The van der Waals surface area contributed by atoms with Crippen LogP contribution in [0.25, 0.3) is 22.6 Å². The Kier molecular flexibility index (Phi) is 7.77. The summed E-state index contributed by atoms with van der Waals surface area (Å²) in [4.78, 5) is 18.9. The summed E-state index contributed by atoms with van der Waals surface area (Å²) >= 11 is 0. The molecule has 3 aromatic heterocycles. The molecule has 1 aliphatic heterocycles. The molecule has 0 amide bonds. The van der Waals surface area contributed by atoms with Gasteiger partial charge >= 0.3 is 6.68 Å². The summed E-state index contributed by atoms with van der Waals surface area (Å²) in [7, 11) is 1.75. The van der Waals surface area contributed by atoms with E-state index in [-0.39, 0.29) is 12.1 Å². The zero-order valence-corrected chi connectivity index (χ0v) is 19.6. The average Bonchev–Trinajstić information content (AvgIpc) is 3.44. The summed E-state index contributed by atoms with van der Waals surface area (Å²) in [5.74, 6) is 1.39. The smallest absolute Gasteiger partial charge is 0.379 e. The van der Waals surface area contributed by atoms with Crippen molar-refractivity contribution in [1.29, 1.82) is 0 Å². The molecule has 1 fully saturated rings. The molecule has 1 unspecified atom stereocenters. The standard InChI is InChI=1S/C22H22FN9O.CHF3/c1-31-22(27-14-3-4-16(17(23)10-14)18-6-8-25-21(24)28-18)29-20(30-31)13-2-5-19(26-11-13)32-9-7-15(33)12-32;2-1(3)4/h2-6,8,10-11,15,33H,7,9,12H2,1H3,(H2,24,25,28)(H,27,29,30);1H. The summed E-state index contributed by atoms with van der Waals surface area (Å²) in [5, 5.41) is 17.2. The Labute approximate surface area is 208 Å². The Balaban J connectivity index is 0.000000747. The molecule has 4 heterocycles. The zero-order chi connectivity index (χ0) is 26.5. The summed E-state index contributed by atoms with van der Waals surface area (Å²) in [6.07, 6.45) is 3.63. The van der Waals surface area contributed by atoms with Gasteiger partial charge in [-0.25, -0.2) is 24.0 Å². The van der Waals surface area contributed by atoms with Crippen molar-refractivity contribution in [3.8, 4) is 22.6 Å². The highest BCUT2D eigenvalue weighted by Gasteiger charge is 2.21. The molecule has 14 heteroatoms. The number of benzene rings is 1. The minimum Gasteiger partial charge on any atom is -0.391 e. The van der Waals surface area contributed by atoms with E-state index in [1.165, 1.54) is 12.3 Å². The van der Waals surface area contributed by atoms with Gasteiger partial charge in [0.1, 0.15) is 11.6 Å². The SMILES string of the molecule is Cn1nc(-c2ccc(N3CCC(O)C3)nc2)nc1Nc1ccc(-c2ccnc(N)n2)c(F)c1.FC(F)F. The minimum absolute atomic E-state index is 0.0845. The number of pyridine rings is 1. The van der Waals surface area contributed by atoms with E-state index in [1.54, 1.807) is 36.1 Å². The fourth-order valence-electron chi connectivity index (χ4n) is 3.72. The Morgan fingerprint density at radius 1 is 1.11 bits per heavy atom. The molecule has 0 saturated carbocycles. The van der Waals surface area contributed by atoms with E-state index in [4.69, 9.17) is 5.73 Å². The molecule has 37 heavy (non-hydrogen) atoms. The Morgan fingerprint density at radius 2 is 1.89 bits per heavy atom. The van der Waals surface area contributed by atoms with Crippen molar-refractivity contribution in [3.63, 3.8) is 0 Å². The number of alkyl halides is 3. The van der Waals surface area contributed by atoms with E-state index in [0.717, 1.165) is 24.3 Å². The number of nitrogens with one attached hydrogen (secondary N) is 1. The number of nitrogens with two attached hydrogens (primary N) is 1. The third-order valence-corrected chi connectivity index (χ3v) is 5.43. The third kappa shape index (κ3) is 6.46. The highest BCUT2D eigenvalue weighted by atomic mass is 19.4. The lowest BCUT2D eigenvalue weighted by atomic mass is 10.1. The van der Waals surface area contributed by atoms with Crippen LogP contribution in [0.5, 0.6) is 0 Å². The first-order chi connectivity index (χ1) is 17.7. The number of halogens is 4. The fourth-order valence-corrected chi connectivity index (χ4v) is 3.72. The van der Waals surface area contributed by atoms with Crippen LogP contribution in [0.3, 0.4) is 0 Å². The predicted octanol–water partition coefficient (Wildman–Crippen LogP) is 3.55. The maximum atomic E-state index is 14.7. The third-order valence-electron chi connectivity index (χ3n) is 5.43. The van der Waals surface area contributed by atoms with Gasteiger partial charge in [0.15, 0.2) is 5.82 Å². The Bertz CT molecular complexity index is 1350. The molecule has 194 valence electrons. The lowest BCUT2D eigenvalue weighted by Crippen LogP contribution is -2.21. The summed E-state index contributed by atoms with van der Waals surface area (Å²) in [6.45, 7) is -2.30. The predicted molar refractivity (Wildman–Crippen MR) is 129 cm³/mol. The van der Waals surface area contributed by atoms with E-state index in [9.17, 15) is 22.7 Å². The molecule has 0 spiro atoms. The zero-order valence-electron chi connectivity index (χ0n) is 19.6. The second-order valence-electron chi connectivity index (χ2n) is 8.04. The molecule has 0 radical (unpaired) electrons. The number of rotatable bonds is 5. The van der Waals surface area contributed by atoms with Crippen molar-refractivity contribution in [2.24, 2.45) is 7.05 Å². The molecule has 4 aromatic rings. The van der Waals surface area contributed by atoms with Crippen LogP contribution in [0, 0.1) is 5.82 Å². The first-order valence-corrected chi connectivity index (χ1v) is 11.1. The van der Waals surface area contributed by atoms with E-state index >= 15 is 0 Å². The van der Waals surface area contributed by atoms with Crippen LogP contribution < -0.4 is 16.0 Å². The highest BCUT2D eigenvalue weighted by molar-refractivity contribution is 5.66. The van der Waals surface area contributed by atoms with Crippen LogP contribution >= 0.6 is 0 Å². The summed E-state index contributed by atoms with van der Waals surface area (Å²) < 4.78 is 45.3. The lowest BCUT2D eigenvalue weighted by molar-refractivity contribution is 0.00819. The molecule has 1 aliphatic rings. The molecule has 1 aromatic carbocycles. The molecule has 0 aliphatic carbocycles. The van der Waals surface area contributed by atoms with Crippen LogP contribution in [-0.4, -0.2) is 60.7 Å². The van der Waals surface area contributed by atoms with Gasteiger partial charge in [-0.2, -0.15) is 18.2 Å². The number of aliphatic hydroxyl groups is 1. The van der Waals surface area contributed by atoms with Crippen LogP contribution in [0.2, 0.25) is 0 Å². The van der Waals surface area contributed by atoms with E-state index < -0.39 is 12.5 Å². The van der Waals surface area contributed by atoms with Crippen LogP contribution in [0.15, 0.2) is 48.8 Å². The number of nitrogens with zero attached hydrogens (tertiary/aromatic N) is 7. The largest absolute Gasteiger partial charge is 0.391 e. The maximum absolute atomic E-state index is 14.7. The number of β-amino-alcohol motifs (C(OH)–C–C–N with tert-alkyl or cyclic N) is 1. The number of nitrogen functional groups attached to an aromatic ring is 1. The first kappa shape index (κ1) is 25.8. The number of aromatic nitrogens is 6. The molecule has 1 saturated heterocycles. The van der Waals surface area contributed by atoms with Crippen LogP contribution in [-0.2, 0) is 7.05 Å². The van der Waals surface area contributed by atoms with Gasteiger partial charge in [-0.3, -0.25) is 0 Å². The molecular weight excluding hydrogens is 494 g/mol. The lowest BCUT2D eigenvalue weighted by Gasteiger charge is -2.16. The molecule has 0 bridgehead atoms. The molecular formula is C23H23F4N9O. The monoisotopic (exact) mass is 517 g/mol. The van der Waals surface area contributed by atoms with E-state index in [2.05, 4.69) is 30.4 Å². The second-order valence-corrected chi connectivity index (χ2v) is 8.04. The topological polar surface area (TPSA) is 131 Å². The fraction of sp³-hybridized carbons (Fsp3) is 0.261. The van der Waals surface area contributed by atoms with Gasteiger partial charge in [0.25, 0.3) is 0 Å². The Hall–Kier alpha value is -4.33. The van der Waals surface area contributed by atoms with Gasteiger partial charge in [-0.15, -0.1) is 5.10 Å². The second kappa shape index (κ2) is 11.2. The molecule has 5 rings (SSSR count). The van der Waals surface area contributed by atoms with Crippen molar-refractivity contribution in [3.05, 3.63) is 54.6 Å². The molecule has 10 nitrogen and oxygen atoms in total. The minimum atomic E-state index is -3.67. The summed E-state index contributed by atoms with van der Waals surface area (Å²) in [6, 6.07) is 10.1. The number of anilines is 4. The number of hydrogen-bond donors (Lipinski definition) is 3. The summed E-state index contributed by atoms with van der Waals surface area (Å²) in [5.41, 5.74) is 7.60. The van der Waals surface area contributed by atoms with Gasteiger partial charge in [-0.05, 0) is 42.8 Å². The van der Waals surface area contributed by atoms with Crippen molar-refractivity contribution in [2.45, 2.75) is 19.2 Å². The van der Waals surface area contributed by atoms with Gasteiger partial charge in [0.2, 0.25) is 11.9 Å². The quantitative estimate of drug-likeness (QED) is 0.340. The van der Waals surface area contributed by atoms with Crippen LogP contribution in [0.4, 0.5) is 41.0 Å². The number of aryl methyl sites for hydroxylation is 1. The normalized spacial score (nSPS) is 15.0. The van der Waals surface area contributed by atoms with Gasteiger partial charge in [-0.1, -0.05) is 0 Å². The highest BCUT2D eigenvalue weighted by Crippen LogP contribution is 2.27. The first-order valence-electron chi connectivity index (χ1n) is 11.1. The maximum Gasteiger partial charge on any atom is 0.379 e. The van der Waals surface area contributed by atoms with Crippen molar-refractivity contribution in [1.82, 2.24) is 29.7 Å². The Morgan fingerprint density at radius 3 is 2.51 bits per heavy atom. The van der Waals surface area contributed by atoms with Crippen LogP contribution in [0.1, 0.15) is 6.42 Å². The van der Waals surface area contributed by atoms with Crippen molar-refractivity contribution in [2.75, 3.05) is 29.0 Å². The van der Waals surface area contributed by atoms with E-state index in [0.29, 0.717) is 35.3 Å². The number of hydrogen-bond acceptors (Lipinski definition) is 9. The van der Waals surface area contributed by atoms with Gasteiger partial charge in [0, 0.05) is 49.3 Å². The van der Waals surface area contributed by atoms with Crippen molar-refractivity contribution < 1.29 is 22.7 Å². The number of aliphatic hydroxyl groups excluding tert-OH is 1.